The molecule has 6 nitrogen and oxygen atoms in total. The van der Waals surface area contributed by atoms with Crippen molar-refractivity contribution < 1.29 is 27.5 Å². The van der Waals surface area contributed by atoms with Gasteiger partial charge in [-0.25, -0.2) is 4.98 Å². The summed E-state index contributed by atoms with van der Waals surface area (Å²) in [5.74, 6) is 1.20. The van der Waals surface area contributed by atoms with E-state index in [0.29, 0.717) is 22.7 Å². The molecule has 0 aliphatic carbocycles. The summed E-state index contributed by atoms with van der Waals surface area (Å²) in [7, 11) is 0. The highest BCUT2D eigenvalue weighted by molar-refractivity contribution is 5.60. The maximum Gasteiger partial charge on any atom is 0.416 e. The summed E-state index contributed by atoms with van der Waals surface area (Å²) in [5.41, 5.74) is 0.479. The van der Waals surface area contributed by atoms with Crippen molar-refractivity contribution in [3.05, 3.63) is 72.4 Å². The quantitative estimate of drug-likeness (QED) is 0.501. The molecule has 0 aliphatic rings. The zero-order valence-corrected chi connectivity index (χ0v) is 14.6. The van der Waals surface area contributed by atoms with Crippen LogP contribution in [0.1, 0.15) is 5.56 Å². The Morgan fingerprint density at radius 1 is 0.828 bits per heavy atom. The Morgan fingerprint density at radius 3 is 2.03 bits per heavy atom. The lowest BCUT2D eigenvalue weighted by molar-refractivity contribution is -0.137. The summed E-state index contributed by atoms with van der Waals surface area (Å²) in [5, 5.41) is 13.1. The number of pyridine rings is 1. The van der Waals surface area contributed by atoms with Gasteiger partial charge in [-0.1, -0.05) is 5.16 Å². The first kappa shape index (κ1) is 18.5. The first-order valence-electron chi connectivity index (χ1n) is 8.33. The van der Waals surface area contributed by atoms with Crippen molar-refractivity contribution in [2.75, 3.05) is 0 Å². The highest BCUT2D eigenvalue weighted by Crippen LogP contribution is 2.32. The number of benzene rings is 2. The molecule has 0 bridgehead atoms. The molecular weight excluding hydrogens is 387 g/mol. The Balaban J connectivity index is 1.47. The molecule has 4 rings (SSSR count). The molecule has 146 valence electrons. The smallest absolute Gasteiger partial charge is 0.416 e. The zero-order valence-electron chi connectivity index (χ0n) is 14.6. The summed E-state index contributed by atoms with van der Waals surface area (Å²) < 4.78 is 48.6. The summed E-state index contributed by atoms with van der Waals surface area (Å²) in [6, 6.07) is 14.1. The normalized spacial score (nSPS) is 11.4. The van der Waals surface area contributed by atoms with E-state index in [9.17, 15) is 18.3 Å². The van der Waals surface area contributed by atoms with Crippen LogP contribution < -0.4 is 4.74 Å². The molecule has 1 N–H and O–H groups in total. The number of hydrogen-bond acceptors (Lipinski definition) is 6. The van der Waals surface area contributed by atoms with Crippen LogP contribution >= 0.6 is 0 Å². The van der Waals surface area contributed by atoms with E-state index in [-0.39, 0.29) is 17.5 Å². The zero-order chi connectivity index (χ0) is 20.4. The standard InChI is InChI=1S/C20H12F3N3O3/c21-20(22,23)14-4-8-16(9-5-14)28-15-6-1-12(2-7-15)18-25-19(29-26-18)13-3-10-17(27)24-11-13/h1-11H,(H,24,27). The van der Waals surface area contributed by atoms with Gasteiger partial charge < -0.3 is 14.4 Å². The third-order valence-corrected chi connectivity index (χ3v) is 3.95. The number of alkyl halides is 3. The van der Waals surface area contributed by atoms with Gasteiger partial charge in [0, 0.05) is 17.8 Å². The Labute approximate surface area is 162 Å². The largest absolute Gasteiger partial charge is 0.493 e. The lowest BCUT2D eigenvalue weighted by Crippen LogP contribution is -2.03. The Hall–Kier alpha value is -3.88. The number of aromatic nitrogens is 3. The topological polar surface area (TPSA) is 81.3 Å². The number of ether oxygens (including phenoxy) is 1. The number of rotatable bonds is 4. The second-order valence-electron chi connectivity index (χ2n) is 5.98. The van der Waals surface area contributed by atoms with Crippen LogP contribution in [0.3, 0.4) is 0 Å². The van der Waals surface area contributed by atoms with E-state index in [1.807, 2.05) is 0 Å². The predicted molar refractivity (Wildman–Crippen MR) is 96.1 cm³/mol. The highest BCUT2D eigenvalue weighted by atomic mass is 19.4. The summed E-state index contributed by atoms with van der Waals surface area (Å²) in [6.07, 6.45) is -2.98. The van der Waals surface area contributed by atoms with Crippen LogP contribution in [0, 0.1) is 0 Å². The summed E-state index contributed by atoms with van der Waals surface area (Å²) in [6.45, 7) is 0. The van der Waals surface area contributed by atoms with Crippen molar-refractivity contribution in [2.45, 2.75) is 6.18 Å². The monoisotopic (exact) mass is 399 g/mol. The molecule has 4 aromatic rings. The third-order valence-electron chi connectivity index (χ3n) is 3.95. The molecule has 2 aromatic heterocycles. The van der Waals surface area contributed by atoms with Gasteiger partial charge in [-0.05, 0) is 54.6 Å². The number of hydrogen-bond donors (Lipinski definition) is 1. The molecule has 29 heavy (non-hydrogen) atoms. The fourth-order valence-corrected chi connectivity index (χ4v) is 2.49. The van der Waals surface area contributed by atoms with Crippen molar-refractivity contribution in [1.29, 1.82) is 0 Å². The number of nitrogens with zero attached hydrogens (tertiary/aromatic N) is 3. The van der Waals surface area contributed by atoms with Gasteiger partial charge in [0.15, 0.2) is 0 Å². The first-order valence-corrected chi connectivity index (χ1v) is 8.33. The Bertz CT molecular complexity index is 1110. The Kier molecular flexibility index (Phi) is 4.63. The van der Waals surface area contributed by atoms with Crippen molar-refractivity contribution in [1.82, 2.24) is 15.1 Å². The van der Waals surface area contributed by atoms with E-state index in [4.69, 9.17) is 9.26 Å². The van der Waals surface area contributed by atoms with E-state index in [0.717, 1.165) is 12.1 Å². The first-order chi connectivity index (χ1) is 13.9. The molecule has 0 atom stereocenters. The minimum Gasteiger partial charge on any atom is -0.493 e. The van der Waals surface area contributed by atoms with Crippen LogP contribution in [-0.4, -0.2) is 20.2 Å². The summed E-state index contributed by atoms with van der Waals surface area (Å²) >= 11 is 0. The predicted octanol–water partition coefficient (Wildman–Crippen LogP) is 5.32. The van der Waals surface area contributed by atoms with Crippen LogP contribution in [0.5, 0.6) is 17.4 Å². The minimum atomic E-state index is -4.39. The van der Waals surface area contributed by atoms with Gasteiger partial charge in [0.05, 0.1) is 11.1 Å². The van der Waals surface area contributed by atoms with Crippen molar-refractivity contribution in [3.8, 4) is 40.2 Å². The second-order valence-corrected chi connectivity index (χ2v) is 5.98. The number of halogens is 3. The van der Waals surface area contributed by atoms with E-state index in [1.165, 1.54) is 24.4 Å². The molecule has 2 aromatic carbocycles. The molecule has 0 saturated carbocycles. The second kappa shape index (κ2) is 7.27. The van der Waals surface area contributed by atoms with E-state index >= 15 is 0 Å². The summed E-state index contributed by atoms with van der Waals surface area (Å²) in [4.78, 5) is 8.04. The molecule has 0 radical (unpaired) electrons. The molecule has 0 fully saturated rings. The highest BCUT2D eigenvalue weighted by Gasteiger charge is 2.30. The molecular formula is C20H12F3N3O3. The molecule has 0 amide bonds. The molecule has 0 unspecified atom stereocenters. The third kappa shape index (κ3) is 4.18. The van der Waals surface area contributed by atoms with Crippen molar-refractivity contribution >= 4 is 0 Å². The van der Waals surface area contributed by atoms with Gasteiger partial charge in [-0.3, -0.25) is 0 Å². The van der Waals surface area contributed by atoms with E-state index in [1.54, 1.807) is 30.3 Å². The van der Waals surface area contributed by atoms with Gasteiger partial charge in [-0.2, -0.15) is 18.2 Å². The van der Waals surface area contributed by atoms with Crippen molar-refractivity contribution in [2.24, 2.45) is 0 Å². The molecule has 0 saturated heterocycles. The average molecular weight is 399 g/mol. The molecule has 2 heterocycles. The van der Waals surface area contributed by atoms with Crippen LogP contribution in [0.2, 0.25) is 0 Å². The van der Waals surface area contributed by atoms with Gasteiger partial charge >= 0.3 is 6.18 Å². The molecule has 0 spiro atoms. The van der Waals surface area contributed by atoms with Crippen LogP contribution in [0.15, 0.2) is 71.4 Å². The van der Waals surface area contributed by atoms with Gasteiger partial charge in [-0.15, -0.1) is 0 Å². The van der Waals surface area contributed by atoms with E-state index < -0.39 is 11.7 Å². The van der Waals surface area contributed by atoms with Gasteiger partial charge in [0.1, 0.15) is 11.5 Å². The van der Waals surface area contributed by atoms with Crippen LogP contribution in [0.4, 0.5) is 13.2 Å². The average Bonchev–Trinajstić information content (AvgIpc) is 3.19. The van der Waals surface area contributed by atoms with Crippen LogP contribution in [0.25, 0.3) is 22.8 Å². The van der Waals surface area contributed by atoms with E-state index in [2.05, 4.69) is 15.1 Å². The fourth-order valence-electron chi connectivity index (χ4n) is 2.49. The van der Waals surface area contributed by atoms with Crippen molar-refractivity contribution in [3.63, 3.8) is 0 Å². The number of aromatic hydroxyl groups is 1. The maximum atomic E-state index is 12.6. The lowest BCUT2D eigenvalue weighted by Gasteiger charge is -2.09. The molecule has 9 heteroatoms. The van der Waals surface area contributed by atoms with Gasteiger partial charge in [0.25, 0.3) is 5.89 Å². The van der Waals surface area contributed by atoms with Gasteiger partial charge in [0.2, 0.25) is 11.7 Å². The SMILES string of the molecule is Oc1ccc(-c2nc(-c3ccc(Oc4ccc(C(F)(F)F)cc4)cc3)no2)cn1. The molecule has 0 aliphatic heterocycles. The lowest BCUT2D eigenvalue weighted by atomic mass is 10.2. The maximum absolute atomic E-state index is 12.6. The van der Waals surface area contributed by atoms with Crippen LogP contribution in [-0.2, 0) is 6.18 Å². The minimum absolute atomic E-state index is 0.114. The Morgan fingerprint density at radius 2 is 1.45 bits per heavy atom. The fraction of sp³-hybridized carbons (Fsp3) is 0.0500.